The zero-order valence-corrected chi connectivity index (χ0v) is 17.2. The molecule has 1 fully saturated rings. The van der Waals surface area contributed by atoms with Crippen molar-refractivity contribution in [1.29, 1.82) is 0 Å². The van der Waals surface area contributed by atoms with E-state index >= 15 is 0 Å². The van der Waals surface area contributed by atoms with E-state index in [1.54, 1.807) is 4.68 Å². The van der Waals surface area contributed by atoms with Gasteiger partial charge >= 0.3 is 5.97 Å². The van der Waals surface area contributed by atoms with Crippen molar-refractivity contribution in [3.63, 3.8) is 0 Å². The number of aromatic nitrogens is 4. The number of hydrogen-bond donors (Lipinski definition) is 2. The molecule has 2 aromatic carbocycles. The van der Waals surface area contributed by atoms with Crippen molar-refractivity contribution < 1.29 is 14.3 Å². The molecule has 160 valence electrons. The van der Waals surface area contributed by atoms with Gasteiger partial charge in [-0.25, -0.2) is 9.48 Å². The van der Waals surface area contributed by atoms with Gasteiger partial charge < -0.3 is 10.1 Å². The second-order valence-corrected chi connectivity index (χ2v) is 7.63. The van der Waals surface area contributed by atoms with Crippen molar-refractivity contribution in [2.75, 3.05) is 11.9 Å². The number of ether oxygens (including phenoxy) is 1. The zero-order chi connectivity index (χ0) is 21.9. The van der Waals surface area contributed by atoms with E-state index in [1.165, 1.54) is 6.20 Å². The van der Waals surface area contributed by atoms with Crippen LogP contribution in [0.15, 0.2) is 72.9 Å². The third-order valence-corrected chi connectivity index (χ3v) is 5.25. The van der Waals surface area contributed by atoms with Crippen LogP contribution >= 0.6 is 0 Å². The molecule has 4 aromatic rings. The van der Waals surface area contributed by atoms with Gasteiger partial charge in [0.25, 0.3) is 5.91 Å². The molecule has 32 heavy (non-hydrogen) atoms. The Balaban J connectivity index is 1.27. The van der Waals surface area contributed by atoms with Crippen LogP contribution in [0.2, 0.25) is 0 Å². The zero-order valence-electron chi connectivity index (χ0n) is 17.2. The van der Waals surface area contributed by atoms with E-state index in [0.29, 0.717) is 17.4 Å². The summed E-state index contributed by atoms with van der Waals surface area (Å²) >= 11 is 0. The summed E-state index contributed by atoms with van der Waals surface area (Å²) in [6.07, 6.45) is 3.60. The van der Waals surface area contributed by atoms with Gasteiger partial charge in [0.05, 0.1) is 23.3 Å². The minimum absolute atomic E-state index is 0.273. The Kier molecular flexibility index (Phi) is 5.25. The number of carbonyl (C=O) groups is 2. The first-order chi connectivity index (χ1) is 15.7. The van der Waals surface area contributed by atoms with E-state index in [2.05, 4.69) is 20.6 Å². The lowest BCUT2D eigenvalue weighted by Gasteiger charge is -2.09. The highest BCUT2D eigenvalue weighted by atomic mass is 16.5. The molecule has 1 saturated carbocycles. The number of para-hydroxylation sites is 1. The molecule has 5 rings (SSSR count). The SMILES string of the molecule is O=C(COC(=O)c1cn[nH]c1-c1ccccc1)Nc1cc(C2CC2)nn1-c1ccccc1. The smallest absolute Gasteiger partial charge is 0.342 e. The number of anilines is 1. The second-order valence-electron chi connectivity index (χ2n) is 7.63. The molecule has 0 aliphatic heterocycles. The monoisotopic (exact) mass is 427 g/mol. The lowest BCUT2D eigenvalue weighted by Crippen LogP contribution is -2.22. The molecule has 2 aromatic heterocycles. The predicted octanol–water partition coefficient (Wildman–Crippen LogP) is 3.94. The summed E-state index contributed by atoms with van der Waals surface area (Å²) in [5.74, 6) is -0.0797. The van der Waals surface area contributed by atoms with Crippen molar-refractivity contribution in [3.8, 4) is 16.9 Å². The Morgan fingerprint density at radius 2 is 1.78 bits per heavy atom. The number of nitrogens with zero attached hydrogens (tertiary/aromatic N) is 3. The Labute approximate surface area is 184 Å². The number of aromatic amines is 1. The quantitative estimate of drug-likeness (QED) is 0.435. The summed E-state index contributed by atoms with van der Waals surface area (Å²) in [5.41, 5.74) is 3.42. The van der Waals surface area contributed by atoms with Crippen molar-refractivity contribution in [1.82, 2.24) is 20.0 Å². The van der Waals surface area contributed by atoms with Crippen LogP contribution in [0.3, 0.4) is 0 Å². The molecular weight excluding hydrogens is 406 g/mol. The molecule has 0 atom stereocenters. The van der Waals surface area contributed by atoms with Gasteiger partial charge in [0.1, 0.15) is 11.4 Å². The largest absolute Gasteiger partial charge is 0.452 e. The van der Waals surface area contributed by atoms with Gasteiger partial charge in [0, 0.05) is 17.5 Å². The highest BCUT2D eigenvalue weighted by Crippen LogP contribution is 2.40. The number of rotatable bonds is 7. The summed E-state index contributed by atoms with van der Waals surface area (Å²) in [5, 5.41) is 14.2. The molecule has 2 N–H and O–H groups in total. The number of hydrogen-bond acceptors (Lipinski definition) is 5. The van der Waals surface area contributed by atoms with Crippen LogP contribution < -0.4 is 5.32 Å². The van der Waals surface area contributed by atoms with Crippen LogP contribution in [0.25, 0.3) is 16.9 Å². The van der Waals surface area contributed by atoms with Gasteiger partial charge in [0.2, 0.25) is 0 Å². The molecule has 1 amide bonds. The van der Waals surface area contributed by atoms with E-state index in [4.69, 9.17) is 4.74 Å². The third kappa shape index (κ3) is 4.15. The normalized spacial score (nSPS) is 13.0. The van der Waals surface area contributed by atoms with Gasteiger partial charge in [-0.2, -0.15) is 10.2 Å². The van der Waals surface area contributed by atoms with Crippen LogP contribution in [-0.4, -0.2) is 38.5 Å². The first-order valence-corrected chi connectivity index (χ1v) is 10.4. The van der Waals surface area contributed by atoms with Gasteiger partial charge in [-0.15, -0.1) is 0 Å². The van der Waals surface area contributed by atoms with Crippen molar-refractivity contribution in [2.45, 2.75) is 18.8 Å². The van der Waals surface area contributed by atoms with Gasteiger partial charge in [-0.1, -0.05) is 48.5 Å². The van der Waals surface area contributed by atoms with Gasteiger partial charge in [-0.05, 0) is 25.0 Å². The maximum Gasteiger partial charge on any atom is 0.342 e. The van der Waals surface area contributed by atoms with E-state index in [-0.39, 0.29) is 5.56 Å². The number of amides is 1. The number of esters is 1. The Morgan fingerprint density at radius 1 is 1.06 bits per heavy atom. The van der Waals surface area contributed by atoms with Crippen LogP contribution in [0.1, 0.15) is 34.8 Å². The van der Waals surface area contributed by atoms with Crippen molar-refractivity contribution in [2.24, 2.45) is 0 Å². The third-order valence-electron chi connectivity index (χ3n) is 5.25. The molecule has 0 saturated heterocycles. The Morgan fingerprint density at radius 3 is 2.50 bits per heavy atom. The molecular formula is C24H21N5O3. The first kappa shape index (κ1) is 19.7. The van der Waals surface area contributed by atoms with Gasteiger partial charge in [-0.3, -0.25) is 9.89 Å². The van der Waals surface area contributed by atoms with E-state index in [9.17, 15) is 9.59 Å². The highest BCUT2D eigenvalue weighted by Gasteiger charge is 2.28. The molecule has 0 bridgehead atoms. The molecule has 0 unspecified atom stereocenters. The Bertz CT molecular complexity index is 1240. The summed E-state index contributed by atoms with van der Waals surface area (Å²) in [7, 11) is 0. The second kappa shape index (κ2) is 8.50. The van der Waals surface area contributed by atoms with Crippen LogP contribution in [0, 0.1) is 0 Å². The molecule has 0 spiro atoms. The maximum atomic E-state index is 12.6. The number of nitrogens with one attached hydrogen (secondary N) is 2. The fourth-order valence-corrected chi connectivity index (χ4v) is 3.49. The molecule has 8 nitrogen and oxygen atoms in total. The molecule has 8 heteroatoms. The predicted molar refractivity (Wildman–Crippen MR) is 118 cm³/mol. The number of benzene rings is 2. The average Bonchev–Trinajstić information content (AvgIpc) is 3.41. The van der Waals surface area contributed by atoms with Gasteiger partial charge in [0.15, 0.2) is 6.61 Å². The van der Waals surface area contributed by atoms with Crippen LogP contribution in [0.4, 0.5) is 5.82 Å². The van der Waals surface area contributed by atoms with Crippen molar-refractivity contribution in [3.05, 3.63) is 84.2 Å². The fraction of sp³-hybridized carbons (Fsp3) is 0.167. The molecule has 1 aliphatic carbocycles. The molecule has 1 aliphatic rings. The van der Waals surface area contributed by atoms with Crippen LogP contribution in [-0.2, 0) is 9.53 Å². The molecule has 0 radical (unpaired) electrons. The van der Waals surface area contributed by atoms with Crippen molar-refractivity contribution >= 4 is 17.7 Å². The van der Waals surface area contributed by atoms with E-state index < -0.39 is 18.5 Å². The summed E-state index contributed by atoms with van der Waals surface area (Å²) in [6.45, 7) is -0.420. The standard InChI is InChI=1S/C24H21N5O3/c30-22(15-32-24(31)19-14-25-27-23(19)17-7-3-1-4-8-17)26-21-13-20(16-11-12-16)28-29(21)18-9-5-2-6-10-18/h1-10,13-14,16H,11-12,15H2,(H,25,27)(H,26,30). The summed E-state index contributed by atoms with van der Waals surface area (Å²) < 4.78 is 6.96. The number of carbonyl (C=O) groups excluding carboxylic acids is 2. The summed E-state index contributed by atoms with van der Waals surface area (Å²) in [6, 6.07) is 20.8. The highest BCUT2D eigenvalue weighted by molar-refractivity contribution is 5.98. The first-order valence-electron chi connectivity index (χ1n) is 10.4. The number of H-pyrrole nitrogens is 1. The fourth-order valence-electron chi connectivity index (χ4n) is 3.49. The minimum atomic E-state index is -0.622. The lowest BCUT2D eigenvalue weighted by atomic mass is 10.1. The Hall–Kier alpha value is -4.20. The summed E-state index contributed by atoms with van der Waals surface area (Å²) in [4.78, 5) is 25.1. The van der Waals surface area contributed by atoms with E-state index in [1.807, 2.05) is 66.7 Å². The van der Waals surface area contributed by atoms with E-state index in [0.717, 1.165) is 29.8 Å². The van der Waals surface area contributed by atoms with Crippen LogP contribution in [0.5, 0.6) is 0 Å². The molecule has 2 heterocycles. The average molecular weight is 427 g/mol. The maximum absolute atomic E-state index is 12.6. The lowest BCUT2D eigenvalue weighted by molar-refractivity contribution is -0.119. The topological polar surface area (TPSA) is 102 Å². The minimum Gasteiger partial charge on any atom is -0.452 e.